The summed E-state index contributed by atoms with van der Waals surface area (Å²) in [5.41, 5.74) is 6.34. The molecule has 0 aliphatic carbocycles. The minimum atomic E-state index is 0.441. The molecular formula is C8H12ClN3O. The Morgan fingerprint density at radius 1 is 1.69 bits per heavy atom. The fourth-order valence-electron chi connectivity index (χ4n) is 0.931. The minimum Gasteiger partial charge on any atom is -0.504 e. The quantitative estimate of drug-likeness (QED) is 0.533. The van der Waals surface area contributed by atoms with Gasteiger partial charge < -0.3 is 15.4 Å². The van der Waals surface area contributed by atoms with Crippen molar-refractivity contribution in [1.82, 2.24) is 4.90 Å². The summed E-state index contributed by atoms with van der Waals surface area (Å²) in [5, 5.41) is 0.584. The van der Waals surface area contributed by atoms with Crippen molar-refractivity contribution in [3.8, 4) is 0 Å². The molecule has 0 saturated heterocycles. The molecule has 4 nitrogen and oxygen atoms in total. The first-order chi connectivity index (χ1) is 6.16. The molecule has 1 aliphatic heterocycles. The monoisotopic (exact) mass is 201 g/mol. The second-order valence-electron chi connectivity index (χ2n) is 2.63. The van der Waals surface area contributed by atoms with E-state index in [1.807, 2.05) is 7.05 Å². The van der Waals surface area contributed by atoms with E-state index in [4.69, 9.17) is 22.1 Å². The van der Waals surface area contributed by atoms with Crippen molar-refractivity contribution in [1.29, 1.82) is 0 Å². The molecule has 0 amide bonds. The summed E-state index contributed by atoms with van der Waals surface area (Å²) >= 11 is 6.00. The molecular weight excluding hydrogens is 190 g/mol. The van der Waals surface area contributed by atoms with Gasteiger partial charge in [-0.05, 0) is 6.08 Å². The molecule has 1 aliphatic rings. The summed E-state index contributed by atoms with van der Waals surface area (Å²) in [6.07, 6.45) is 3.20. The van der Waals surface area contributed by atoms with Crippen LogP contribution in [0.2, 0.25) is 0 Å². The summed E-state index contributed by atoms with van der Waals surface area (Å²) < 4.78 is 4.77. The van der Waals surface area contributed by atoms with Crippen LogP contribution in [-0.4, -0.2) is 31.6 Å². The summed E-state index contributed by atoms with van der Waals surface area (Å²) in [6, 6.07) is 0. The van der Waals surface area contributed by atoms with Crippen LogP contribution < -0.4 is 5.73 Å². The Kier molecular flexibility index (Phi) is 3.19. The predicted octanol–water partition coefficient (Wildman–Crippen LogP) is 0.857. The maximum atomic E-state index is 6.00. The third-order valence-electron chi connectivity index (χ3n) is 1.66. The van der Waals surface area contributed by atoms with Crippen LogP contribution in [0.5, 0.6) is 0 Å². The van der Waals surface area contributed by atoms with Crippen LogP contribution in [0.15, 0.2) is 28.1 Å². The van der Waals surface area contributed by atoms with Gasteiger partial charge in [0, 0.05) is 7.05 Å². The molecule has 0 radical (unpaired) electrons. The van der Waals surface area contributed by atoms with Gasteiger partial charge in [-0.1, -0.05) is 11.6 Å². The van der Waals surface area contributed by atoms with Crippen molar-refractivity contribution < 1.29 is 4.74 Å². The van der Waals surface area contributed by atoms with Crippen molar-refractivity contribution in [2.24, 2.45) is 10.7 Å². The van der Waals surface area contributed by atoms with Crippen molar-refractivity contribution >= 4 is 17.4 Å². The van der Waals surface area contributed by atoms with E-state index in [-0.39, 0.29) is 0 Å². The lowest BCUT2D eigenvalue weighted by Gasteiger charge is -2.22. The van der Waals surface area contributed by atoms with Crippen molar-refractivity contribution in [2.75, 3.05) is 20.8 Å². The number of amidine groups is 1. The van der Waals surface area contributed by atoms with Crippen LogP contribution in [0, 0.1) is 0 Å². The third kappa shape index (κ3) is 2.15. The van der Waals surface area contributed by atoms with Gasteiger partial charge in [0.1, 0.15) is 17.7 Å². The highest BCUT2D eigenvalue weighted by Crippen LogP contribution is 2.18. The van der Waals surface area contributed by atoms with Crippen molar-refractivity contribution in [3.05, 3.63) is 23.1 Å². The Balaban J connectivity index is 2.93. The molecule has 0 aromatic rings. The first kappa shape index (κ1) is 9.92. The van der Waals surface area contributed by atoms with E-state index >= 15 is 0 Å². The number of hydrogen-bond donors (Lipinski definition) is 1. The largest absolute Gasteiger partial charge is 0.504 e. The normalized spacial score (nSPS) is 18.1. The van der Waals surface area contributed by atoms with Crippen LogP contribution in [0.25, 0.3) is 0 Å². The lowest BCUT2D eigenvalue weighted by atomic mass is 10.2. The predicted molar refractivity (Wildman–Crippen MR) is 53.3 cm³/mol. The highest BCUT2D eigenvalue weighted by Gasteiger charge is 2.14. The number of nitrogens with two attached hydrogens (primary N) is 1. The Bertz CT molecular complexity index is 283. The van der Waals surface area contributed by atoms with Gasteiger partial charge in [-0.15, -0.1) is 0 Å². The van der Waals surface area contributed by atoms with Crippen LogP contribution in [0.1, 0.15) is 0 Å². The third-order valence-corrected chi connectivity index (χ3v) is 2.15. The standard InChI is InChI=1S/C8H12ClN3O/c1-12-5-11-8(10)6(7(12)9)3-4-13-2/h3-4H,5H2,1-2H3,(H2,10,11)/b4-3+. The average molecular weight is 202 g/mol. The maximum absolute atomic E-state index is 6.00. The molecule has 0 aromatic carbocycles. The average Bonchev–Trinajstić information content (AvgIpc) is 2.12. The van der Waals surface area contributed by atoms with E-state index in [0.717, 1.165) is 0 Å². The Morgan fingerprint density at radius 3 is 3.00 bits per heavy atom. The summed E-state index contributed by atoms with van der Waals surface area (Å²) in [4.78, 5) is 5.87. The van der Waals surface area contributed by atoms with Gasteiger partial charge in [0.2, 0.25) is 0 Å². The molecule has 1 rings (SSSR count). The molecule has 5 heteroatoms. The number of halogens is 1. The zero-order chi connectivity index (χ0) is 9.84. The highest BCUT2D eigenvalue weighted by molar-refractivity contribution is 6.32. The molecule has 0 bridgehead atoms. The van der Waals surface area contributed by atoms with Gasteiger partial charge in [0.15, 0.2) is 0 Å². The SMILES string of the molecule is CO/C=C/C1=C(Cl)N(C)CN=C1N. The van der Waals surface area contributed by atoms with Gasteiger partial charge in [-0.25, -0.2) is 4.99 Å². The van der Waals surface area contributed by atoms with E-state index in [2.05, 4.69) is 4.99 Å². The van der Waals surface area contributed by atoms with Gasteiger partial charge in [-0.2, -0.15) is 0 Å². The fourth-order valence-corrected chi connectivity index (χ4v) is 1.14. The van der Waals surface area contributed by atoms with Crippen molar-refractivity contribution in [3.63, 3.8) is 0 Å². The first-order valence-corrected chi connectivity index (χ1v) is 4.15. The molecule has 72 valence electrons. The molecule has 0 spiro atoms. The number of methoxy groups -OCH3 is 1. The lowest BCUT2D eigenvalue weighted by Crippen LogP contribution is -2.28. The number of rotatable bonds is 2. The maximum Gasteiger partial charge on any atom is 0.130 e. The molecule has 0 aromatic heterocycles. The second kappa shape index (κ2) is 4.18. The lowest BCUT2D eigenvalue weighted by molar-refractivity contribution is 0.337. The highest BCUT2D eigenvalue weighted by atomic mass is 35.5. The van der Waals surface area contributed by atoms with E-state index < -0.39 is 0 Å². The molecule has 1 heterocycles. The Morgan fingerprint density at radius 2 is 2.38 bits per heavy atom. The molecule has 2 N–H and O–H groups in total. The van der Waals surface area contributed by atoms with Crippen LogP contribution in [0.3, 0.4) is 0 Å². The van der Waals surface area contributed by atoms with E-state index in [0.29, 0.717) is 23.2 Å². The van der Waals surface area contributed by atoms with Crippen LogP contribution in [-0.2, 0) is 4.74 Å². The molecule has 13 heavy (non-hydrogen) atoms. The van der Waals surface area contributed by atoms with Crippen LogP contribution in [0.4, 0.5) is 0 Å². The molecule has 0 atom stereocenters. The topological polar surface area (TPSA) is 50.8 Å². The zero-order valence-electron chi connectivity index (χ0n) is 7.62. The first-order valence-electron chi connectivity index (χ1n) is 3.77. The molecule has 0 unspecified atom stereocenters. The Labute approximate surface area is 82.3 Å². The zero-order valence-corrected chi connectivity index (χ0v) is 8.38. The van der Waals surface area contributed by atoms with E-state index in [1.54, 1.807) is 18.1 Å². The fraction of sp³-hybridized carbons (Fsp3) is 0.375. The summed E-state index contributed by atoms with van der Waals surface area (Å²) in [5.74, 6) is 0.441. The van der Waals surface area contributed by atoms with Crippen molar-refractivity contribution in [2.45, 2.75) is 0 Å². The number of hydrogen-bond acceptors (Lipinski definition) is 4. The van der Waals surface area contributed by atoms with Crippen LogP contribution >= 0.6 is 11.6 Å². The van der Waals surface area contributed by atoms with E-state index in [9.17, 15) is 0 Å². The summed E-state index contributed by atoms with van der Waals surface area (Å²) in [7, 11) is 3.41. The smallest absolute Gasteiger partial charge is 0.130 e. The van der Waals surface area contributed by atoms with E-state index in [1.165, 1.54) is 6.26 Å². The number of aliphatic imine (C=N–C) groups is 1. The van der Waals surface area contributed by atoms with Gasteiger partial charge in [0.25, 0.3) is 0 Å². The van der Waals surface area contributed by atoms with Gasteiger partial charge in [-0.3, -0.25) is 0 Å². The van der Waals surface area contributed by atoms with Gasteiger partial charge in [0.05, 0.1) is 18.9 Å². The van der Waals surface area contributed by atoms with Gasteiger partial charge >= 0.3 is 0 Å². The number of nitrogens with zero attached hydrogens (tertiary/aromatic N) is 2. The second-order valence-corrected chi connectivity index (χ2v) is 2.98. The minimum absolute atomic E-state index is 0.441. The summed E-state index contributed by atoms with van der Waals surface area (Å²) in [6.45, 7) is 0.495. The Hall–Kier alpha value is -1.16. The number of ether oxygens (including phenoxy) is 1. The molecule has 0 saturated carbocycles. The molecule has 0 fully saturated rings.